The van der Waals surface area contributed by atoms with Crippen molar-refractivity contribution < 1.29 is 14.3 Å². The highest BCUT2D eigenvalue weighted by Crippen LogP contribution is 2.15. The first kappa shape index (κ1) is 15.8. The molecule has 0 bridgehead atoms. The van der Waals surface area contributed by atoms with E-state index in [4.69, 9.17) is 21.1 Å². The topological polar surface area (TPSA) is 60.5 Å². The summed E-state index contributed by atoms with van der Waals surface area (Å²) in [5.41, 5.74) is 1.48. The number of nitrogens with one attached hydrogen (secondary N) is 1. The molecule has 1 N–H and O–H groups in total. The Hall–Kier alpha value is -2.11. The molecule has 1 aromatic heterocycles. The van der Waals surface area contributed by atoms with Crippen molar-refractivity contribution >= 4 is 17.5 Å². The Morgan fingerprint density at radius 3 is 2.78 bits per heavy atom. The summed E-state index contributed by atoms with van der Waals surface area (Å²) in [6.07, 6.45) is 2.43. The maximum Gasteiger partial charge on any atom is 0.253 e. The van der Waals surface area contributed by atoms with Gasteiger partial charge in [0.1, 0.15) is 6.10 Å². The fraction of sp³-hybridized carbons (Fsp3) is 0.294. The van der Waals surface area contributed by atoms with Crippen molar-refractivity contribution in [2.24, 2.45) is 0 Å². The maximum atomic E-state index is 12.1. The third-order valence-electron chi connectivity index (χ3n) is 3.54. The van der Waals surface area contributed by atoms with Crippen LogP contribution in [0, 0.1) is 0 Å². The number of ether oxygens (including phenoxy) is 2. The standard InChI is InChI=1S/C17H17ClN2O3/c18-14-4-1-12(2-5-14)9-20-17(21)13-3-6-16(19-10-13)23-15-7-8-22-11-15/h1-6,10,15H,7-9,11H2,(H,20,21). The van der Waals surface area contributed by atoms with Crippen LogP contribution in [0.2, 0.25) is 5.02 Å². The normalized spacial score (nSPS) is 17.0. The van der Waals surface area contributed by atoms with Crippen LogP contribution < -0.4 is 10.1 Å². The van der Waals surface area contributed by atoms with Gasteiger partial charge in [-0.15, -0.1) is 0 Å². The fourth-order valence-electron chi connectivity index (χ4n) is 2.25. The molecule has 1 unspecified atom stereocenters. The molecule has 1 aliphatic heterocycles. The van der Waals surface area contributed by atoms with Gasteiger partial charge in [0.15, 0.2) is 0 Å². The first-order valence-electron chi connectivity index (χ1n) is 7.44. The SMILES string of the molecule is O=C(NCc1ccc(Cl)cc1)c1ccc(OC2CCOC2)nc1. The zero-order valence-electron chi connectivity index (χ0n) is 12.5. The van der Waals surface area contributed by atoms with Crippen molar-refractivity contribution in [1.29, 1.82) is 0 Å². The zero-order valence-corrected chi connectivity index (χ0v) is 13.3. The number of amides is 1. The van der Waals surface area contributed by atoms with Crippen LogP contribution in [-0.4, -0.2) is 30.2 Å². The molecule has 1 amide bonds. The number of nitrogens with zero attached hydrogens (tertiary/aromatic N) is 1. The number of benzene rings is 1. The van der Waals surface area contributed by atoms with Crippen molar-refractivity contribution in [2.45, 2.75) is 19.1 Å². The lowest BCUT2D eigenvalue weighted by molar-refractivity contribution is 0.0950. The Morgan fingerprint density at radius 2 is 2.13 bits per heavy atom. The van der Waals surface area contributed by atoms with Gasteiger partial charge in [0.25, 0.3) is 5.91 Å². The van der Waals surface area contributed by atoms with E-state index in [1.807, 2.05) is 12.1 Å². The minimum atomic E-state index is -0.178. The van der Waals surface area contributed by atoms with Crippen LogP contribution in [0.3, 0.4) is 0 Å². The molecule has 1 saturated heterocycles. The summed E-state index contributed by atoms with van der Waals surface area (Å²) in [7, 11) is 0. The van der Waals surface area contributed by atoms with Crippen molar-refractivity contribution in [1.82, 2.24) is 10.3 Å². The van der Waals surface area contributed by atoms with Crippen molar-refractivity contribution in [2.75, 3.05) is 13.2 Å². The molecule has 0 radical (unpaired) electrons. The Labute approximate surface area is 139 Å². The number of hydrogen-bond donors (Lipinski definition) is 1. The van der Waals surface area contributed by atoms with E-state index in [2.05, 4.69) is 10.3 Å². The van der Waals surface area contributed by atoms with E-state index in [9.17, 15) is 4.79 Å². The second kappa shape index (κ2) is 7.44. The lowest BCUT2D eigenvalue weighted by atomic mass is 10.2. The first-order chi connectivity index (χ1) is 11.2. The predicted molar refractivity (Wildman–Crippen MR) is 86.7 cm³/mol. The number of carbonyl (C=O) groups is 1. The van der Waals surface area contributed by atoms with Gasteiger partial charge in [-0.25, -0.2) is 4.98 Å². The summed E-state index contributed by atoms with van der Waals surface area (Å²) in [6, 6.07) is 10.8. The Bertz CT molecular complexity index is 653. The van der Waals surface area contributed by atoms with E-state index in [1.54, 1.807) is 24.3 Å². The zero-order chi connectivity index (χ0) is 16.1. The van der Waals surface area contributed by atoms with Crippen LogP contribution in [0.25, 0.3) is 0 Å². The van der Waals surface area contributed by atoms with Crippen molar-refractivity contribution in [3.63, 3.8) is 0 Å². The highest BCUT2D eigenvalue weighted by molar-refractivity contribution is 6.30. The van der Waals surface area contributed by atoms with Crippen LogP contribution in [0.15, 0.2) is 42.6 Å². The molecule has 0 aliphatic carbocycles. The third-order valence-corrected chi connectivity index (χ3v) is 3.79. The van der Waals surface area contributed by atoms with Gasteiger partial charge in [-0.3, -0.25) is 4.79 Å². The summed E-state index contributed by atoms with van der Waals surface area (Å²) in [5.74, 6) is 0.331. The van der Waals surface area contributed by atoms with Gasteiger partial charge >= 0.3 is 0 Å². The molecule has 23 heavy (non-hydrogen) atoms. The second-order valence-electron chi connectivity index (χ2n) is 5.30. The smallest absolute Gasteiger partial charge is 0.253 e. The van der Waals surface area contributed by atoms with Crippen LogP contribution in [0.5, 0.6) is 5.88 Å². The molecule has 2 heterocycles. The van der Waals surface area contributed by atoms with E-state index >= 15 is 0 Å². The number of pyridine rings is 1. The van der Waals surface area contributed by atoms with Gasteiger partial charge in [0.05, 0.1) is 18.8 Å². The van der Waals surface area contributed by atoms with Crippen molar-refractivity contribution in [3.8, 4) is 5.88 Å². The minimum absolute atomic E-state index is 0.0482. The quantitative estimate of drug-likeness (QED) is 0.914. The Morgan fingerprint density at radius 1 is 1.30 bits per heavy atom. The van der Waals surface area contributed by atoms with Gasteiger partial charge in [0.2, 0.25) is 5.88 Å². The molecule has 1 atom stereocenters. The summed E-state index contributed by atoms with van der Waals surface area (Å²) in [4.78, 5) is 16.3. The summed E-state index contributed by atoms with van der Waals surface area (Å²) in [6.45, 7) is 1.74. The van der Waals surface area contributed by atoms with E-state index in [1.165, 1.54) is 6.20 Å². The molecule has 2 aromatic rings. The molecule has 0 saturated carbocycles. The summed E-state index contributed by atoms with van der Waals surface area (Å²) < 4.78 is 10.9. The van der Waals surface area contributed by atoms with Gasteiger partial charge in [0, 0.05) is 30.3 Å². The van der Waals surface area contributed by atoms with E-state index in [0.717, 1.165) is 18.6 Å². The number of aromatic nitrogens is 1. The highest BCUT2D eigenvalue weighted by Gasteiger charge is 2.17. The lowest BCUT2D eigenvalue weighted by Gasteiger charge is -2.11. The molecular formula is C17H17ClN2O3. The van der Waals surface area contributed by atoms with Crippen LogP contribution in [0.4, 0.5) is 0 Å². The lowest BCUT2D eigenvalue weighted by Crippen LogP contribution is -2.23. The Balaban J connectivity index is 1.53. The number of rotatable bonds is 5. The highest BCUT2D eigenvalue weighted by atomic mass is 35.5. The molecule has 0 spiro atoms. The van der Waals surface area contributed by atoms with Gasteiger partial charge in [-0.2, -0.15) is 0 Å². The molecule has 120 valence electrons. The van der Waals surface area contributed by atoms with Gasteiger partial charge in [-0.1, -0.05) is 23.7 Å². The average Bonchev–Trinajstić information content (AvgIpc) is 3.08. The summed E-state index contributed by atoms with van der Waals surface area (Å²) in [5, 5.41) is 3.52. The average molecular weight is 333 g/mol. The van der Waals surface area contributed by atoms with Crippen LogP contribution in [0.1, 0.15) is 22.3 Å². The third kappa shape index (κ3) is 4.43. The minimum Gasteiger partial charge on any atom is -0.472 e. The number of halogens is 1. The maximum absolute atomic E-state index is 12.1. The van der Waals surface area contributed by atoms with Gasteiger partial charge in [-0.05, 0) is 23.8 Å². The predicted octanol–water partition coefficient (Wildman–Crippen LogP) is 2.83. The largest absolute Gasteiger partial charge is 0.472 e. The van der Waals surface area contributed by atoms with Crippen LogP contribution >= 0.6 is 11.6 Å². The Kier molecular flexibility index (Phi) is 5.10. The molecule has 3 rings (SSSR count). The van der Waals surface area contributed by atoms with Gasteiger partial charge < -0.3 is 14.8 Å². The van der Waals surface area contributed by atoms with E-state index in [-0.39, 0.29) is 12.0 Å². The van der Waals surface area contributed by atoms with E-state index < -0.39 is 0 Å². The van der Waals surface area contributed by atoms with Crippen molar-refractivity contribution in [3.05, 3.63) is 58.7 Å². The number of hydrogen-bond acceptors (Lipinski definition) is 4. The van der Waals surface area contributed by atoms with Crippen LogP contribution in [-0.2, 0) is 11.3 Å². The molecule has 5 nitrogen and oxygen atoms in total. The second-order valence-corrected chi connectivity index (χ2v) is 5.73. The molecular weight excluding hydrogens is 316 g/mol. The monoisotopic (exact) mass is 332 g/mol. The molecule has 1 fully saturated rings. The molecule has 6 heteroatoms. The number of carbonyl (C=O) groups excluding carboxylic acids is 1. The summed E-state index contributed by atoms with van der Waals surface area (Å²) >= 11 is 5.83. The van der Waals surface area contributed by atoms with E-state index in [0.29, 0.717) is 29.6 Å². The fourth-order valence-corrected chi connectivity index (χ4v) is 2.37. The molecule has 1 aromatic carbocycles. The molecule has 1 aliphatic rings. The first-order valence-corrected chi connectivity index (χ1v) is 7.81.